The number of hydrogen-bond acceptors (Lipinski definition) is 2. The third-order valence-electron chi connectivity index (χ3n) is 2.63. The lowest BCUT2D eigenvalue weighted by molar-refractivity contribution is -0.123. The molecule has 0 bridgehead atoms. The van der Waals surface area contributed by atoms with Gasteiger partial charge in [-0.05, 0) is 37.0 Å². The lowest BCUT2D eigenvalue weighted by Gasteiger charge is -2.09. The summed E-state index contributed by atoms with van der Waals surface area (Å²) in [6.07, 6.45) is 2.08. The second-order valence-corrected chi connectivity index (χ2v) is 5.58. The molecule has 1 unspecified atom stereocenters. The van der Waals surface area contributed by atoms with Gasteiger partial charge in [-0.25, -0.2) is 0 Å². The minimum atomic E-state index is -0.105. The van der Waals surface area contributed by atoms with E-state index in [2.05, 4.69) is 28.2 Å². The molecule has 0 saturated carbocycles. The lowest BCUT2D eigenvalue weighted by Crippen LogP contribution is -2.29. The van der Waals surface area contributed by atoms with Gasteiger partial charge < -0.3 is 10.1 Å². The Labute approximate surface area is 127 Å². The summed E-state index contributed by atoms with van der Waals surface area (Å²) in [5.74, 6) is 1.14. The fourth-order valence-electron chi connectivity index (χ4n) is 1.51. The molecule has 0 radical (unpaired) electrons. The minimum absolute atomic E-state index is 0.0222. The number of hydrogen-bond donors (Lipinski definition) is 1. The third kappa shape index (κ3) is 7.43. The Kier molecular flexibility index (Phi) is 7.91. The molecule has 106 valence electrons. The van der Waals surface area contributed by atoms with Crippen LogP contribution in [0, 0.1) is 5.92 Å². The van der Waals surface area contributed by atoms with Gasteiger partial charge in [0.15, 0.2) is 6.61 Å². The molecule has 0 aliphatic rings. The predicted octanol–water partition coefficient (Wildman–Crippen LogP) is 3.65. The van der Waals surface area contributed by atoms with Gasteiger partial charge in [0.1, 0.15) is 5.75 Å². The quantitative estimate of drug-likeness (QED) is 0.575. The molecule has 0 spiro atoms. The number of carbonyl (C=O) groups is 1. The average molecular weight is 349 g/mol. The van der Waals surface area contributed by atoms with Crippen molar-refractivity contribution in [2.45, 2.75) is 19.8 Å². The highest BCUT2D eigenvalue weighted by Gasteiger charge is 2.04. The fraction of sp³-hybridized carbons (Fsp3) is 0.500. The van der Waals surface area contributed by atoms with Crippen LogP contribution in [0.1, 0.15) is 19.8 Å². The van der Waals surface area contributed by atoms with Crippen molar-refractivity contribution >= 4 is 33.4 Å². The van der Waals surface area contributed by atoms with Crippen molar-refractivity contribution in [1.82, 2.24) is 5.32 Å². The molecule has 1 atom stereocenters. The normalized spacial score (nSPS) is 11.9. The van der Waals surface area contributed by atoms with Crippen LogP contribution >= 0.6 is 27.5 Å². The van der Waals surface area contributed by atoms with Crippen LogP contribution in [0.25, 0.3) is 0 Å². The van der Waals surface area contributed by atoms with Gasteiger partial charge in [0, 0.05) is 16.9 Å². The Balaban J connectivity index is 2.14. The van der Waals surface area contributed by atoms with Gasteiger partial charge in [0.2, 0.25) is 0 Å². The first kappa shape index (κ1) is 16.3. The smallest absolute Gasteiger partial charge is 0.257 e. The maximum atomic E-state index is 11.5. The van der Waals surface area contributed by atoms with Crippen molar-refractivity contribution < 1.29 is 9.53 Å². The molecule has 0 saturated heterocycles. The first-order valence-corrected chi connectivity index (χ1v) is 7.82. The number of benzene rings is 1. The zero-order valence-electron chi connectivity index (χ0n) is 11.0. The Morgan fingerprint density at radius 3 is 3.00 bits per heavy atom. The molecule has 0 aliphatic carbocycles. The van der Waals surface area contributed by atoms with E-state index in [4.69, 9.17) is 16.3 Å². The van der Waals surface area contributed by atoms with E-state index in [0.717, 1.165) is 18.2 Å². The number of nitrogens with one attached hydrogen (secondary N) is 1. The van der Waals surface area contributed by atoms with E-state index < -0.39 is 0 Å². The number of carbonyl (C=O) groups excluding carboxylic acids is 1. The van der Waals surface area contributed by atoms with Crippen molar-refractivity contribution in [1.29, 1.82) is 0 Å². The van der Waals surface area contributed by atoms with Crippen LogP contribution in [-0.2, 0) is 4.79 Å². The van der Waals surface area contributed by atoms with E-state index in [1.165, 1.54) is 0 Å². The number of amides is 1. The Morgan fingerprint density at radius 2 is 2.32 bits per heavy atom. The molecule has 1 aromatic carbocycles. The molecule has 1 amide bonds. The first-order chi connectivity index (χ1) is 9.11. The standard InChI is InChI=1S/C14H19BrClNO2/c1-11(9-15)4-3-7-17-14(18)10-19-13-6-2-5-12(16)8-13/h2,5-6,8,11H,3-4,7,9-10H2,1H3,(H,17,18). The highest BCUT2D eigenvalue weighted by molar-refractivity contribution is 9.09. The first-order valence-electron chi connectivity index (χ1n) is 6.33. The fourth-order valence-corrected chi connectivity index (χ4v) is 2.02. The summed E-state index contributed by atoms with van der Waals surface area (Å²) in [7, 11) is 0. The largest absolute Gasteiger partial charge is 0.484 e. The van der Waals surface area contributed by atoms with Gasteiger partial charge in [-0.2, -0.15) is 0 Å². The molecule has 0 fully saturated rings. The van der Waals surface area contributed by atoms with Crippen molar-refractivity contribution in [2.75, 3.05) is 18.5 Å². The maximum Gasteiger partial charge on any atom is 0.257 e. The second-order valence-electron chi connectivity index (χ2n) is 4.50. The van der Waals surface area contributed by atoms with Crippen LogP contribution in [0.2, 0.25) is 5.02 Å². The van der Waals surface area contributed by atoms with E-state index in [-0.39, 0.29) is 12.5 Å². The Bertz CT molecular complexity index is 401. The van der Waals surface area contributed by atoms with Crippen molar-refractivity contribution in [3.8, 4) is 5.75 Å². The number of ether oxygens (including phenoxy) is 1. The highest BCUT2D eigenvalue weighted by atomic mass is 79.9. The molecule has 1 aromatic rings. The van der Waals surface area contributed by atoms with E-state index in [1.807, 2.05) is 0 Å². The molecule has 0 aromatic heterocycles. The van der Waals surface area contributed by atoms with Crippen LogP contribution in [-0.4, -0.2) is 24.4 Å². The summed E-state index contributed by atoms with van der Waals surface area (Å²) >= 11 is 9.26. The molecule has 19 heavy (non-hydrogen) atoms. The summed E-state index contributed by atoms with van der Waals surface area (Å²) in [6, 6.07) is 7.01. The highest BCUT2D eigenvalue weighted by Crippen LogP contribution is 2.16. The lowest BCUT2D eigenvalue weighted by atomic mass is 10.1. The van der Waals surface area contributed by atoms with Gasteiger partial charge >= 0.3 is 0 Å². The minimum Gasteiger partial charge on any atom is -0.484 e. The van der Waals surface area contributed by atoms with Gasteiger partial charge in [0.05, 0.1) is 0 Å². The zero-order valence-corrected chi connectivity index (χ0v) is 13.3. The maximum absolute atomic E-state index is 11.5. The molecule has 0 heterocycles. The monoisotopic (exact) mass is 347 g/mol. The van der Waals surface area contributed by atoms with Gasteiger partial charge in [0.25, 0.3) is 5.91 Å². The van der Waals surface area contributed by atoms with Crippen molar-refractivity contribution in [2.24, 2.45) is 5.92 Å². The van der Waals surface area contributed by atoms with Crippen LogP contribution in [0.4, 0.5) is 0 Å². The van der Waals surface area contributed by atoms with Gasteiger partial charge in [-0.1, -0.05) is 40.5 Å². The van der Waals surface area contributed by atoms with Crippen LogP contribution in [0.5, 0.6) is 5.75 Å². The number of alkyl halides is 1. The summed E-state index contributed by atoms with van der Waals surface area (Å²) < 4.78 is 5.34. The number of halogens is 2. The average Bonchev–Trinajstić information content (AvgIpc) is 2.41. The summed E-state index contributed by atoms with van der Waals surface area (Å²) in [5, 5.41) is 4.43. The summed E-state index contributed by atoms with van der Waals surface area (Å²) in [4.78, 5) is 11.5. The molecule has 1 N–H and O–H groups in total. The molecule has 5 heteroatoms. The molecular formula is C14H19BrClNO2. The Hall–Kier alpha value is -0.740. The summed E-state index contributed by atoms with van der Waals surface area (Å²) in [6.45, 7) is 2.89. The van der Waals surface area contributed by atoms with Gasteiger partial charge in [-0.15, -0.1) is 0 Å². The molecular weight excluding hydrogens is 330 g/mol. The second kappa shape index (κ2) is 9.21. The predicted molar refractivity (Wildman–Crippen MR) is 82.1 cm³/mol. The summed E-state index contributed by atoms with van der Waals surface area (Å²) in [5.41, 5.74) is 0. The zero-order chi connectivity index (χ0) is 14.1. The SMILES string of the molecule is CC(CBr)CCCNC(=O)COc1cccc(Cl)c1. The van der Waals surface area contributed by atoms with Gasteiger partial charge in [-0.3, -0.25) is 4.79 Å². The van der Waals surface area contributed by atoms with E-state index in [1.54, 1.807) is 24.3 Å². The van der Waals surface area contributed by atoms with E-state index in [0.29, 0.717) is 23.2 Å². The van der Waals surface area contributed by atoms with Crippen molar-refractivity contribution in [3.63, 3.8) is 0 Å². The molecule has 0 aliphatic heterocycles. The van der Waals surface area contributed by atoms with Crippen LogP contribution < -0.4 is 10.1 Å². The molecule has 3 nitrogen and oxygen atoms in total. The van der Waals surface area contributed by atoms with Crippen LogP contribution in [0.15, 0.2) is 24.3 Å². The number of rotatable bonds is 8. The van der Waals surface area contributed by atoms with E-state index in [9.17, 15) is 4.79 Å². The van der Waals surface area contributed by atoms with Crippen molar-refractivity contribution in [3.05, 3.63) is 29.3 Å². The third-order valence-corrected chi connectivity index (χ3v) is 3.97. The van der Waals surface area contributed by atoms with Crippen LogP contribution in [0.3, 0.4) is 0 Å². The van der Waals surface area contributed by atoms with E-state index >= 15 is 0 Å². The topological polar surface area (TPSA) is 38.3 Å². The molecule has 1 rings (SSSR count). The Morgan fingerprint density at radius 1 is 1.53 bits per heavy atom.